The van der Waals surface area contributed by atoms with E-state index in [1.54, 1.807) is 4.90 Å². The van der Waals surface area contributed by atoms with Crippen LogP contribution >= 0.6 is 0 Å². The van der Waals surface area contributed by atoms with Crippen molar-refractivity contribution in [1.82, 2.24) is 4.90 Å². The number of sulfone groups is 1. The van der Waals surface area contributed by atoms with Crippen molar-refractivity contribution < 1.29 is 17.6 Å². The van der Waals surface area contributed by atoms with Gasteiger partial charge in [0.1, 0.15) is 5.58 Å². The molecule has 0 radical (unpaired) electrons. The maximum Gasteiger partial charge on any atom is 0.290 e. The normalized spacial score (nSPS) is 17.6. The molecule has 1 aliphatic heterocycles. The van der Waals surface area contributed by atoms with Gasteiger partial charge in [-0.3, -0.25) is 4.79 Å². The van der Waals surface area contributed by atoms with Crippen LogP contribution in [-0.2, 0) is 16.4 Å². The summed E-state index contributed by atoms with van der Waals surface area (Å²) < 4.78 is 30.4. The van der Waals surface area contributed by atoms with Gasteiger partial charge < -0.3 is 14.2 Å². The number of fused-ring (bicyclic) bond motifs is 1. The molecule has 32 heavy (non-hydrogen) atoms. The fourth-order valence-electron chi connectivity index (χ4n) is 4.29. The van der Waals surface area contributed by atoms with Crippen molar-refractivity contribution in [3.8, 4) is 0 Å². The van der Waals surface area contributed by atoms with E-state index in [-0.39, 0.29) is 23.5 Å². The predicted octanol–water partition coefficient (Wildman–Crippen LogP) is 4.25. The lowest BCUT2D eigenvalue weighted by Crippen LogP contribution is -2.40. The standard InChI is InChI=1S/C25H30N2O4S/c1-16-12-22-18(3)24(31-23(22)13-17(16)2)25(28)27(21-10-11-32(29,30)15-21)14-19-6-8-20(9-7-19)26(4)5/h6-9,12-13,21H,10-11,14-15H2,1-5H3. The highest BCUT2D eigenvalue weighted by Gasteiger charge is 2.36. The van der Waals surface area contributed by atoms with Crippen molar-refractivity contribution in [1.29, 1.82) is 0 Å². The van der Waals surface area contributed by atoms with E-state index in [1.165, 1.54) is 0 Å². The SMILES string of the molecule is Cc1cc2oc(C(=O)N(Cc3ccc(N(C)C)cc3)C3CCS(=O)(=O)C3)c(C)c2cc1C. The van der Waals surface area contributed by atoms with Gasteiger partial charge in [-0.2, -0.15) is 0 Å². The highest BCUT2D eigenvalue weighted by atomic mass is 32.2. The van der Waals surface area contributed by atoms with Gasteiger partial charge in [-0.15, -0.1) is 0 Å². The molecule has 1 aromatic heterocycles. The van der Waals surface area contributed by atoms with Gasteiger partial charge in [-0.1, -0.05) is 12.1 Å². The third-order valence-corrected chi connectivity index (χ3v) is 8.21. The summed E-state index contributed by atoms with van der Waals surface area (Å²) in [5.41, 5.74) is 5.73. The van der Waals surface area contributed by atoms with Crippen LogP contribution in [0.25, 0.3) is 11.0 Å². The number of carbonyl (C=O) groups excluding carboxylic acids is 1. The molecule has 1 atom stereocenters. The number of benzene rings is 2. The lowest BCUT2D eigenvalue weighted by atomic mass is 10.0. The van der Waals surface area contributed by atoms with Crippen molar-refractivity contribution in [3.63, 3.8) is 0 Å². The fourth-order valence-corrected chi connectivity index (χ4v) is 6.03. The Bertz CT molecular complexity index is 1270. The van der Waals surface area contributed by atoms with E-state index in [2.05, 4.69) is 0 Å². The Morgan fingerprint density at radius 3 is 2.31 bits per heavy atom. The molecular formula is C25H30N2O4S. The number of amides is 1. The molecule has 0 bridgehead atoms. The molecule has 1 unspecified atom stereocenters. The summed E-state index contributed by atoms with van der Waals surface area (Å²) >= 11 is 0. The van der Waals surface area contributed by atoms with Crippen molar-refractivity contribution in [2.24, 2.45) is 0 Å². The Hall–Kier alpha value is -2.80. The first-order chi connectivity index (χ1) is 15.1. The molecular weight excluding hydrogens is 424 g/mol. The summed E-state index contributed by atoms with van der Waals surface area (Å²) in [4.78, 5) is 17.4. The molecule has 1 amide bonds. The number of furan rings is 1. The molecule has 170 valence electrons. The number of nitrogens with zero attached hydrogens (tertiary/aromatic N) is 2. The Kier molecular flexibility index (Phi) is 5.79. The zero-order chi connectivity index (χ0) is 23.2. The topological polar surface area (TPSA) is 70.8 Å². The summed E-state index contributed by atoms with van der Waals surface area (Å²) in [7, 11) is 0.805. The monoisotopic (exact) mass is 454 g/mol. The number of rotatable bonds is 5. The quantitative estimate of drug-likeness (QED) is 0.576. The summed E-state index contributed by atoms with van der Waals surface area (Å²) in [6.45, 7) is 6.28. The van der Waals surface area contributed by atoms with Gasteiger partial charge in [0.2, 0.25) is 0 Å². The van der Waals surface area contributed by atoms with E-state index in [0.717, 1.165) is 33.3 Å². The zero-order valence-electron chi connectivity index (χ0n) is 19.3. The minimum Gasteiger partial charge on any atom is -0.451 e. The molecule has 1 aliphatic rings. The summed E-state index contributed by atoms with van der Waals surface area (Å²) in [5.74, 6) is 0.136. The predicted molar refractivity (Wildman–Crippen MR) is 128 cm³/mol. The van der Waals surface area contributed by atoms with E-state index in [4.69, 9.17) is 4.42 Å². The van der Waals surface area contributed by atoms with E-state index in [9.17, 15) is 13.2 Å². The van der Waals surface area contributed by atoms with Gasteiger partial charge in [-0.25, -0.2) is 8.42 Å². The van der Waals surface area contributed by atoms with E-state index in [0.29, 0.717) is 24.3 Å². The zero-order valence-corrected chi connectivity index (χ0v) is 20.1. The molecule has 6 nitrogen and oxygen atoms in total. The van der Waals surface area contributed by atoms with Crippen LogP contribution in [0.5, 0.6) is 0 Å². The van der Waals surface area contributed by atoms with E-state index in [1.807, 2.05) is 76.2 Å². The molecule has 0 spiro atoms. The van der Waals surface area contributed by atoms with Crippen LogP contribution in [0.2, 0.25) is 0 Å². The maximum atomic E-state index is 13.7. The second-order valence-electron chi connectivity index (χ2n) is 9.04. The molecule has 1 fully saturated rings. The Morgan fingerprint density at radius 1 is 1.06 bits per heavy atom. The van der Waals surface area contributed by atoms with Gasteiger partial charge in [0, 0.05) is 43.3 Å². The second-order valence-corrected chi connectivity index (χ2v) is 11.3. The summed E-state index contributed by atoms with van der Waals surface area (Å²) in [6, 6.07) is 11.6. The molecule has 0 N–H and O–H groups in total. The first-order valence-electron chi connectivity index (χ1n) is 10.8. The van der Waals surface area contributed by atoms with Gasteiger partial charge in [0.15, 0.2) is 15.6 Å². The molecule has 0 saturated carbocycles. The minimum atomic E-state index is -3.14. The summed E-state index contributed by atoms with van der Waals surface area (Å²) in [5, 5.41) is 0.922. The number of hydrogen-bond acceptors (Lipinski definition) is 5. The van der Waals surface area contributed by atoms with Crippen LogP contribution < -0.4 is 4.90 Å². The Labute approximate surface area is 189 Å². The average Bonchev–Trinajstić information content (AvgIpc) is 3.25. The van der Waals surface area contributed by atoms with Gasteiger partial charge in [0.05, 0.1) is 11.5 Å². The first kappa shape index (κ1) is 22.4. The number of carbonyl (C=O) groups is 1. The van der Waals surface area contributed by atoms with Crippen LogP contribution in [0.3, 0.4) is 0 Å². The Balaban J connectivity index is 1.72. The van der Waals surface area contributed by atoms with Crippen LogP contribution in [-0.4, -0.2) is 50.9 Å². The average molecular weight is 455 g/mol. The largest absolute Gasteiger partial charge is 0.451 e. The number of hydrogen-bond donors (Lipinski definition) is 0. The maximum absolute atomic E-state index is 13.7. The highest BCUT2D eigenvalue weighted by Crippen LogP contribution is 2.31. The molecule has 2 heterocycles. The third-order valence-electron chi connectivity index (χ3n) is 6.46. The molecule has 4 rings (SSSR count). The van der Waals surface area contributed by atoms with Crippen LogP contribution in [0.4, 0.5) is 5.69 Å². The molecule has 7 heteroatoms. The van der Waals surface area contributed by atoms with Crippen molar-refractivity contribution >= 4 is 32.4 Å². The first-order valence-corrected chi connectivity index (χ1v) is 12.7. The van der Waals surface area contributed by atoms with Crippen LogP contribution in [0.15, 0.2) is 40.8 Å². The molecule has 1 saturated heterocycles. The second kappa shape index (κ2) is 8.28. The lowest BCUT2D eigenvalue weighted by molar-refractivity contribution is 0.0649. The third kappa shape index (κ3) is 4.26. The molecule has 2 aromatic carbocycles. The van der Waals surface area contributed by atoms with Crippen LogP contribution in [0, 0.1) is 20.8 Å². The van der Waals surface area contributed by atoms with Crippen LogP contribution in [0.1, 0.15) is 39.2 Å². The number of anilines is 1. The summed E-state index contributed by atoms with van der Waals surface area (Å²) in [6.07, 6.45) is 0.446. The van der Waals surface area contributed by atoms with Gasteiger partial charge in [0.25, 0.3) is 5.91 Å². The smallest absolute Gasteiger partial charge is 0.290 e. The molecule has 3 aromatic rings. The van der Waals surface area contributed by atoms with Crippen molar-refractivity contribution in [3.05, 3.63) is 64.4 Å². The van der Waals surface area contributed by atoms with Crippen molar-refractivity contribution in [2.75, 3.05) is 30.5 Å². The Morgan fingerprint density at radius 2 is 1.72 bits per heavy atom. The van der Waals surface area contributed by atoms with Gasteiger partial charge >= 0.3 is 0 Å². The van der Waals surface area contributed by atoms with Gasteiger partial charge in [-0.05, 0) is 68.1 Å². The molecule has 0 aliphatic carbocycles. The fraction of sp³-hybridized carbons (Fsp3) is 0.400. The minimum absolute atomic E-state index is 0.00792. The van der Waals surface area contributed by atoms with E-state index < -0.39 is 9.84 Å². The van der Waals surface area contributed by atoms with Crippen molar-refractivity contribution in [2.45, 2.75) is 39.8 Å². The van der Waals surface area contributed by atoms with E-state index >= 15 is 0 Å². The highest BCUT2D eigenvalue weighted by molar-refractivity contribution is 7.91. The lowest BCUT2D eigenvalue weighted by Gasteiger charge is -2.28. The number of aryl methyl sites for hydroxylation is 3.